The standard InChI is InChI=1S/C23H21F4N5O2/c1-14-28-21(30-32(14)18-9-7-17(24)8-10-18)22(34)29-19(13-31-11-3-6-20(31)33)15-4-2-5-16(12-15)23(25,26)27/h2,4-5,7-10,12,19H,3,6,11,13H2,1H3,(H,29,34)/t19-/m1/s1. The van der Waals surface area contributed by atoms with E-state index >= 15 is 0 Å². The summed E-state index contributed by atoms with van der Waals surface area (Å²) in [5.41, 5.74) is -0.160. The molecule has 1 aliphatic rings. The monoisotopic (exact) mass is 475 g/mol. The molecule has 1 saturated heterocycles. The third kappa shape index (κ3) is 5.08. The number of benzene rings is 2. The van der Waals surface area contributed by atoms with E-state index in [0.717, 1.165) is 12.1 Å². The van der Waals surface area contributed by atoms with Crippen molar-refractivity contribution in [1.29, 1.82) is 0 Å². The van der Waals surface area contributed by atoms with Gasteiger partial charge in [0, 0.05) is 19.5 Å². The number of likely N-dealkylation sites (tertiary alicyclic amines) is 1. The van der Waals surface area contributed by atoms with Crippen LogP contribution < -0.4 is 5.32 Å². The average molecular weight is 475 g/mol. The average Bonchev–Trinajstić information content (AvgIpc) is 3.38. The number of hydrogen-bond acceptors (Lipinski definition) is 4. The number of halogens is 4. The second-order valence-electron chi connectivity index (χ2n) is 7.96. The first-order valence-electron chi connectivity index (χ1n) is 10.6. The van der Waals surface area contributed by atoms with Crippen molar-refractivity contribution in [3.8, 4) is 5.69 Å². The Balaban J connectivity index is 1.61. The Hall–Kier alpha value is -3.76. The van der Waals surface area contributed by atoms with Gasteiger partial charge in [0.25, 0.3) is 5.91 Å². The van der Waals surface area contributed by atoms with Gasteiger partial charge in [0.2, 0.25) is 11.7 Å². The maximum Gasteiger partial charge on any atom is 0.416 e. The highest BCUT2D eigenvalue weighted by Crippen LogP contribution is 2.31. The minimum absolute atomic E-state index is 0.0174. The lowest BCUT2D eigenvalue weighted by molar-refractivity contribution is -0.137. The van der Waals surface area contributed by atoms with Crippen molar-refractivity contribution in [2.45, 2.75) is 32.0 Å². The zero-order chi connectivity index (χ0) is 24.5. The van der Waals surface area contributed by atoms with Crippen LogP contribution in [0.3, 0.4) is 0 Å². The van der Waals surface area contributed by atoms with Crippen LogP contribution in [-0.4, -0.2) is 44.6 Å². The third-order valence-corrected chi connectivity index (χ3v) is 5.54. The van der Waals surface area contributed by atoms with Crippen molar-refractivity contribution < 1.29 is 27.2 Å². The molecule has 2 heterocycles. The van der Waals surface area contributed by atoms with Gasteiger partial charge in [-0.15, -0.1) is 5.10 Å². The molecule has 1 aliphatic heterocycles. The molecule has 11 heteroatoms. The minimum atomic E-state index is -4.55. The molecule has 0 bridgehead atoms. The fraction of sp³-hybridized carbons (Fsp3) is 0.304. The molecule has 1 N–H and O–H groups in total. The summed E-state index contributed by atoms with van der Waals surface area (Å²) in [6, 6.07) is 9.16. The summed E-state index contributed by atoms with van der Waals surface area (Å²) in [5, 5.41) is 6.85. The van der Waals surface area contributed by atoms with E-state index in [0.29, 0.717) is 30.9 Å². The number of nitrogens with zero attached hydrogens (tertiary/aromatic N) is 4. The number of rotatable bonds is 6. The first-order chi connectivity index (χ1) is 16.1. The number of alkyl halides is 3. The molecule has 0 saturated carbocycles. The number of carbonyl (C=O) groups is 2. The normalized spacial score (nSPS) is 15.0. The molecule has 34 heavy (non-hydrogen) atoms. The Morgan fingerprint density at radius 1 is 1.18 bits per heavy atom. The van der Waals surface area contributed by atoms with E-state index in [2.05, 4.69) is 15.4 Å². The van der Waals surface area contributed by atoms with Crippen molar-refractivity contribution in [3.63, 3.8) is 0 Å². The van der Waals surface area contributed by atoms with Crippen LogP contribution in [0.25, 0.3) is 5.69 Å². The number of nitrogens with one attached hydrogen (secondary N) is 1. The van der Waals surface area contributed by atoms with E-state index < -0.39 is 29.5 Å². The van der Waals surface area contributed by atoms with Gasteiger partial charge in [-0.05, 0) is 55.3 Å². The van der Waals surface area contributed by atoms with Crippen LogP contribution in [0, 0.1) is 12.7 Å². The Labute approximate surface area is 192 Å². The van der Waals surface area contributed by atoms with E-state index in [1.165, 1.54) is 46.0 Å². The van der Waals surface area contributed by atoms with E-state index in [9.17, 15) is 27.2 Å². The maximum atomic E-state index is 13.3. The van der Waals surface area contributed by atoms with Crippen molar-refractivity contribution in [2.24, 2.45) is 0 Å². The molecule has 4 rings (SSSR count). The first kappa shape index (κ1) is 23.4. The molecule has 178 valence electrons. The summed E-state index contributed by atoms with van der Waals surface area (Å²) >= 11 is 0. The fourth-order valence-corrected chi connectivity index (χ4v) is 3.82. The van der Waals surface area contributed by atoms with Gasteiger partial charge in [0.15, 0.2) is 0 Å². The fourth-order valence-electron chi connectivity index (χ4n) is 3.82. The topological polar surface area (TPSA) is 80.1 Å². The molecule has 0 aliphatic carbocycles. The molecular weight excluding hydrogens is 454 g/mol. The lowest BCUT2D eigenvalue weighted by Gasteiger charge is -2.25. The minimum Gasteiger partial charge on any atom is -0.341 e. The van der Waals surface area contributed by atoms with Gasteiger partial charge in [-0.25, -0.2) is 14.1 Å². The van der Waals surface area contributed by atoms with Crippen LogP contribution in [0.2, 0.25) is 0 Å². The molecule has 0 radical (unpaired) electrons. The van der Waals surface area contributed by atoms with Gasteiger partial charge in [-0.2, -0.15) is 13.2 Å². The number of hydrogen-bond donors (Lipinski definition) is 1. The molecule has 0 unspecified atom stereocenters. The van der Waals surface area contributed by atoms with E-state index in [-0.39, 0.29) is 23.8 Å². The molecule has 1 aromatic heterocycles. The summed E-state index contributed by atoms with van der Waals surface area (Å²) < 4.78 is 54.4. The summed E-state index contributed by atoms with van der Waals surface area (Å²) in [6.07, 6.45) is -3.56. The molecule has 1 atom stereocenters. The highest BCUT2D eigenvalue weighted by Gasteiger charge is 2.32. The largest absolute Gasteiger partial charge is 0.416 e. The van der Waals surface area contributed by atoms with Crippen LogP contribution in [0.5, 0.6) is 0 Å². The number of aromatic nitrogens is 3. The SMILES string of the molecule is Cc1nc(C(=O)N[C@H](CN2CCCC2=O)c2cccc(C(F)(F)F)c2)nn1-c1ccc(F)cc1. The van der Waals surface area contributed by atoms with Crippen molar-refractivity contribution in [2.75, 3.05) is 13.1 Å². The zero-order valence-electron chi connectivity index (χ0n) is 18.1. The van der Waals surface area contributed by atoms with Crippen LogP contribution in [0.1, 0.15) is 46.5 Å². The number of amides is 2. The third-order valence-electron chi connectivity index (χ3n) is 5.54. The first-order valence-corrected chi connectivity index (χ1v) is 10.6. The van der Waals surface area contributed by atoms with Crippen LogP contribution >= 0.6 is 0 Å². The van der Waals surface area contributed by atoms with Gasteiger partial charge in [0.05, 0.1) is 17.3 Å². The highest BCUT2D eigenvalue weighted by molar-refractivity contribution is 5.90. The van der Waals surface area contributed by atoms with Crippen molar-refractivity contribution >= 4 is 11.8 Å². The number of aryl methyl sites for hydroxylation is 1. The summed E-state index contributed by atoms with van der Waals surface area (Å²) in [6.45, 7) is 2.09. The van der Waals surface area contributed by atoms with E-state index in [1.54, 1.807) is 6.92 Å². The van der Waals surface area contributed by atoms with E-state index in [4.69, 9.17) is 0 Å². The summed E-state index contributed by atoms with van der Waals surface area (Å²) in [4.78, 5) is 30.8. The van der Waals surface area contributed by atoms with Crippen molar-refractivity contribution in [3.05, 3.63) is 77.1 Å². The van der Waals surface area contributed by atoms with Crippen molar-refractivity contribution in [1.82, 2.24) is 25.0 Å². The van der Waals surface area contributed by atoms with Gasteiger partial charge < -0.3 is 10.2 Å². The van der Waals surface area contributed by atoms with Gasteiger partial charge in [-0.3, -0.25) is 9.59 Å². The van der Waals surface area contributed by atoms with Crippen LogP contribution in [0.15, 0.2) is 48.5 Å². The molecule has 2 amide bonds. The van der Waals surface area contributed by atoms with Gasteiger partial charge in [0.1, 0.15) is 11.6 Å². The predicted octanol–water partition coefficient (Wildman–Crippen LogP) is 3.83. The molecule has 7 nitrogen and oxygen atoms in total. The quantitative estimate of drug-likeness (QED) is 0.550. The molecule has 1 fully saturated rings. The smallest absolute Gasteiger partial charge is 0.341 e. The molecule has 0 spiro atoms. The Kier molecular flexibility index (Phi) is 6.36. The Bertz CT molecular complexity index is 1210. The zero-order valence-corrected chi connectivity index (χ0v) is 18.1. The highest BCUT2D eigenvalue weighted by atomic mass is 19.4. The van der Waals surface area contributed by atoms with E-state index in [1.807, 2.05) is 0 Å². The maximum absolute atomic E-state index is 13.3. The Morgan fingerprint density at radius 2 is 1.91 bits per heavy atom. The van der Waals surface area contributed by atoms with Crippen LogP contribution in [-0.2, 0) is 11.0 Å². The second kappa shape index (κ2) is 9.24. The summed E-state index contributed by atoms with van der Waals surface area (Å²) in [7, 11) is 0. The molecule has 2 aromatic carbocycles. The second-order valence-corrected chi connectivity index (χ2v) is 7.96. The van der Waals surface area contributed by atoms with Gasteiger partial charge in [-0.1, -0.05) is 12.1 Å². The summed E-state index contributed by atoms with van der Waals surface area (Å²) in [5.74, 6) is -1.10. The molecular formula is C23H21F4N5O2. The van der Waals surface area contributed by atoms with Crippen LogP contribution in [0.4, 0.5) is 17.6 Å². The lowest BCUT2D eigenvalue weighted by atomic mass is 10.0. The molecule has 3 aromatic rings. The predicted molar refractivity (Wildman–Crippen MR) is 114 cm³/mol. The van der Waals surface area contributed by atoms with Gasteiger partial charge >= 0.3 is 6.18 Å². The lowest BCUT2D eigenvalue weighted by Crippen LogP contribution is -2.39. The number of carbonyl (C=O) groups excluding carboxylic acids is 2. The Morgan fingerprint density at radius 3 is 2.56 bits per heavy atom.